The quantitative estimate of drug-likeness (QED) is 0.453. The largest absolute Gasteiger partial charge is 0.479 e. The first-order valence-electron chi connectivity index (χ1n) is 6.83. The fraction of sp³-hybridized carbons (Fsp3) is 0.583. The fourth-order valence-corrected chi connectivity index (χ4v) is 3.01. The molecule has 0 saturated heterocycles. The van der Waals surface area contributed by atoms with E-state index >= 15 is 0 Å². The second-order valence-electron chi connectivity index (χ2n) is 5.41. The monoisotopic (exact) mass is 362 g/mol. The van der Waals surface area contributed by atoms with Gasteiger partial charge in [-0.1, -0.05) is 0 Å². The number of aryl methyl sites for hydroxylation is 1. The van der Waals surface area contributed by atoms with Crippen LogP contribution in [0.25, 0.3) is 0 Å². The van der Waals surface area contributed by atoms with Crippen molar-refractivity contribution >= 4 is 13.6 Å². The molecule has 5 unspecified atom stereocenters. The van der Waals surface area contributed by atoms with Crippen molar-refractivity contribution in [3.05, 3.63) is 32.6 Å². The summed E-state index contributed by atoms with van der Waals surface area (Å²) in [5.41, 5.74) is -1.25. The number of hydrogen-bond donors (Lipinski definition) is 4. The number of aromatic nitrogens is 2. The van der Waals surface area contributed by atoms with Crippen molar-refractivity contribution in [3.63, 3.8) is 0 Å². The van der Waals surface area contributed by atoms with E-state index in [0.29, 0.717) is 0 Å². The highest BCUT2D eigenvalue weighted by Gasteiger charge is 2.46. The molecule has 0 aromatic carbocycles. The second-order valence-corrected chi connectivity index (χ2v) is 6.45. The number of rotatable bonds is 5. The number of aliphatic hydroxyl groups excluding tert-OH is 2. The lowest BCUT2D eigenvalue weighted by Crippen LogP contribution is -2.38. The first-order valence-corrected chi connectivity index (χ1v) is 8.08. The van der Waals surface area contributed by atoms with Gasteiger partial charge in [0.2, 0.25) is 0 Å². The van der Waals surface area contributed by atoms with E-state index in [1.54, 1.807) is 0 Å². The van der Waals surface area contributed by atoms with Crippen LogP contribution in [-0.4, -0.2) is 55.0 Å². The Morgan fingerprint density at radius 1 is 1.38 bits per heavy atom. The van der Waals surface area contributed by atoms with E-state index in [9.17, 15) is 33.7 Å². The summed E-state index contributed by atoms with van der Waals surface area (Å²) < 4.78 is 27.7. The molecule has 1 fully saturated rings. The number of aliphatic carboxylic acids is 1. The standard InChI is InChI=1S/C12H15N2O9P/c1-4-3-14(12(20)13-9(4)17)5-2-6(8(16)7(5)15)23-11(10(18)19)24(21)22/h3,5-8,11,15-16H,2H2,1H3,(H,18,19)(H,13,17,20). The molecule has 0 amide bonds. The molecule has 1 aliphatic rings. The van der Waals surface area contributed by atoms with Gasteiger partial charge in [-0.05, 0) is 13.3 Å². The van der Waals surface area contributed by atoms with Gasteiger partial charge >= 0.3 is 19.3 Å². The van der Waals surface area contributed by atoms with Crippen LogP contribution in [0.4, 0.5) is 0 Å². The molecule has 0 bridgehead atoms. The Labute approximate surface area is 134 Å². The topological polar surface area (TPSA) is 176 Å². The molecule has 1 heterocycles. The van der Waals surface area contributed by atoms with Gasteiger partial charge in [0, 0.05) is 11.8 Å². The minimum atomic E-state index is -3.47. The Bertz CT molecular complexity index is 819. The Morgan fingerprint density at radius 2 is 2.00 bits per heavy atom. The maximum atomic E-state index is 11.9. The maximum Gasteiger partial charge on any atom is 0.357 e. The summed E-state index contributed by atoms with van der Waals surface area (Å²) in [4.78, 5) is 36.1. The van der Waals surface area contributed by atoms with Gasteiger partial charge in [-0.25, -0.2) is 18.7 Å². The zero-order valence-corrected chi connectivity index (χ0v) is 13.3. The SMILES string of the molecule is Cc1cn(C2CC(OC(C(=O)O)P(=O)=O)C(O)C2O)c(=O)[nH]c1=O. The smallest absolute Gasteiger partial charge is 0.357 e. The summed E-state index contributed by atoms with van der Waals surface area (Å²) in [7, 11) is -3.47. The Hall–Kier alpha value is -2.07. The molecule has 0 aliphatic heterocycles. The van der Waals surface area contributed by atoms with Crippen LogP contribution in [0, 0.1) is 6.92 Å². The summed E-state index contributed by atoms with van der Waals surface area (Å²) >= 11 is 0. The zero-order chi connectivity index (χ0) is 18.2. The summed E-state index contributed by atoms with van der Waals surface area (Å²) in [6, 6.07) is -1.02. The van der Waals surface area contributed by atoms with Crippen molar-refractivity contribution in [2.24, 2.45) is 0 Å². The van der Waals surface area contributed by atoms with Crippen molar-refractivity contribution in [3.8, 4) is 0 Å². The molecule has 2 rings (SSSR count). The van der Waals surface area contributed by atoms with Crippen molar-refractivity contribution in [1.29, 1.82) is 0 Å². The van der Waals surface area contributed by atoms with E-state index < -0.39 is 55.1 Å². The minimum Gasteiger partial charge on any atom is -0.479 e. The van der Waals surface area contributed by atoms with E-state index in [1.807, 2.05) is 4.98 Å². The molecule has 0 spiro atoms. The number of aliphatic hydroxyl groups is 2. The molecular weight excluding hydrogens is 347 g/mol. The molecule has 1 aliphatic carbocycles. The minimum absolute atomic E-state index is 0.187. The third-order valence-electron chi connectivity index (χ3n) is 3.81. The van der Waals surface area contributed by atoms with Gasteiger partial charge in [0.15, 0.2) is 0 Å². The van der Waals surface area contributed by atoms with Crippen molar-refractivity contribution in [2.75, 3.05) is 0 Å². The molecule has 0 radical (unpaired) electrons. The van der Waals surface area contributed by atoms with Gasteiger partial charge in [-0.2, -0.15) is 0 Å². The third-order valence-corrected chi connectivity index (χ3v) is 4.53. The molecule has 132 valence electrons. The highest BCUT2D eigenvalue weighted by molar-refractivity contribution is 7.32. The number of carbonyl (C=O) groups is 1. The molecule has 11 nitrogen and oxygen atoms in total. The normalized spacial score (nSPS) is 27.8. The van der Waals surface area contributed by atoms with E-state index in [4.69, 9.17) is 9.84 Å². The molecule has 1 aromatic rings. The van der Waals surface area contributed by atoms with Crippen LogP contribution in [0.2, 0.25) is 0 Å². The number of carboxylic acids is 1. The number of hydrogen-bond acceptors (Lipinski definition) is 8. The van der Waals surface area contributed by atoms with Crippen LogP contribution < -0.4 is 11.2 Å². The molecule has 12 heteroatoms. The van der Waals surface area contributed by atoms with Crippen LogP contribution in [0.5, 0.6) is 0 Å². The van der Waals surface area contributed by atoms with Crippen molar-refractivity contribution in [1.82, 2.24) is 9.55 Å². The summed E-state index contributed by atoms with van der Waals surface area (Å²) in [5, 5.41) is 28.8. The number of ether oxygens (including phenoxy) is 1. The molecule has 4 N–H and O–H groups in total. The summed E-state index contributed by atoms with van der Waals surface area (Å²) in [5.74, 6) is -3.94. The third kappa shape index (κ3) is 3.39. The van der Waals surface area contributed by atoms with Gasteiger partial charge < -0.3 is 20.1 Å². The lowest BCUT2D eigenvalue weighted by Gasteiger charge is -2.19. The zero-order valence-electron chi connectivity index (χ0n) is 12.4. The molecule has 24 heavy (non-hydrogen) atoms. The van der Waals surface area contributed by atoms with Gasteiger partial charge in [0.05, 0.1) is 12.1 Å². The molecular formula is C12H15N2O9P. The fourth-order valence-electron chi connectivity index (χ4n) is 2.57. The predicted molar refractivity (Wildman–Crippen MR) is 76.3 cm³/mol. The average molecular weight is 362 g/mol. The van der Waals surface area contributed by atoms with Gasteiger partial charge in [-0.15, -0.1) is 0 Å². The van der Waals surface area contributed by atoms with Gasteiger partial charge in [0.25, 0.3) is 11.4 Å². The highest BCUT2D eigenvalue weighted by Crippen LogP contribution is 2.34. The van der Waals surface area contributed by atoms with Crippen molar-refractivity contribution < 1.29 is 34.0 Å². The Balaban J connectivity index is 2.31. The molecule has 1 saturated carbocycles. The van der Waals surface area contributed by atoms with E-state index in [0.717, 1.165) is 4.57 Å². The highest BCUT2D eigenvalue weighted by atomic mass is 31.1. The van der Waals surface area contributed by atoms with Gasteiger partial charge in [-0.3, -0.25) is 14.3 Å². The lowest BCUT2D eigenvalue weighted by molar-refractivity contribution is -0.151. The van der Waals surface area contributed by atoms with E-state index in [-0.39, 0.29) is 12.0 Å². The number of carboxylic acid groups (broad SMARTS) is 1. The molecule has 1 aromatic heterocycles. The van der Waals surface area contributed by atoms with Crippen LogP contribution in [-0.2, 0) is 18.7 Å². The van der Waals surface area contributed by atoms with Crippen LogP contribution in [0.3, 0.4) is 0 Å². The number of H-pyrrole nitrogens is 1. The lowest BCUT2D eigenvalue weighted by atomic mass is 10.2. The van der Waals surface area contributed by atoms with E-state index in [1.165, 1.54) is 13.1 Å². The number of nitrogens with zero attached hydrogens (tertiary/aromatic N) is 1. The summed E-state index contributed by atoms with van der Waals surface area (Å²) in [6.07, 6.45) is -3.48. The Kier molecular flexibility index (Phi) is 5.19. The number of nitrogens with one attached hydrogen (secondary N) is 1. The van der Waals surface area contributed by atoms with Gasteiger partial charge in [0.1, 0.15) is 12.2 Å². The Morgan fingerprint density at radius 3 is 2.54 bits per heavy atom. The second kappa shape index (κ2) is 6.81. The molecule has 5 atom stereocenters. The van der Waals surface area contributed by atoms with Crippen LogP contribution in [0.1, 0.15) is 18.0 Å². The van der Waals surface area contributed by atoms with Crippen molar-refractivity contribution in [2.45, 2.75) is 43.5 Å². The number of aromatic amines is 1. The van der Waals surface area contributed by atoms with Crippen LogP contribution >= 0.6 is 7.68 Å². The predicted octanol–water partition coefficient (Wildman–Crippen LogP) is -1.52. The average Bonchev–Trinajstić information content (AvgIpc) is 2.76. The van der Waals surface area contributed by atoms with E-state index in [2.05, 4.69) is 0 Å². The first-order chi connectivity index (χ1) is 11.1. The summed E-state index contributed by atoms with van der Waals surface area (Å²) in [6.45, 7) is 1.43. The van der Waals surface area contributed by atoms with Crippen LogP contribution in [0.15, 0.2) is 15.8 Å². The maximum absolute atomic E-state index is 11.9. The first kappa shape index (κ1) is 18.3.